The van der Waals surface area contributed by atoms with Gasteiger partial charge in [-0.1, -0.05) is 29.9 Å². The zero-order chi connectivity index (χ0) is 22.0. The second kappa shape index (κ2) is 9.28. The highest BCUT2D eigenvalue weighted by atomic mass is 35.5. The van der Waals surface area contributed by atoms with Gasteiger partial charge in [-0.3, -0.25) is 4.90 Å². The smallest absolute Gasteiger partial charge is 0.414 e. The van der Waals surface area contributed by atoms with Gasteiger partial charge in [-0.2, -0.15) is 0 Å². The van der Waals surface area contributed by atoms with Crippen LogP contribution in [0.5, 0.6) is 0 Å². The first-order valence-electron chi connectivity index (χ1n) is 10.1. The number of rotatable bonds is 6. The summed E-state index contributed by atoms with van der Waals surface area (Å²) in [6.07, 6.45) is -0.774. The number of nitrogens with zero attached hydrogens (tertiary/aromatic N) is 4. The molecule has 0 aliphatic carbocycles. The number of likely N-dealkylation sites (N-methyl/N-ethyl adjacent to an activating group) is 1. The maximum atomic E-state index is 15.0. The molecule has 2 aliphatic rings. The van der Waals surface area contributed by atoms with Crippen LogP contribution in [0.15, 0.2) is 42.5 Å². The Hall–Kier alpha value is -2.58. The van der Waals surface area contributed by atoms with Gasteiger partial charge >= 0.3 is 6.09 Å². The van der Waals surface area contributed by atoms with E-state index in [1.165, 1.54) is 16.5 Å². The monoisotopic (exact) mass is 462 g/mol. The molecule has 1 atom stereocenters. The number of carbonyl (C=O) groups excluding carboxylic acids is 1. The summed E-state index contributed by atoms with van der Waals surface area (Å²) in [7, 11) is 1.82. The van der Waals surface area contributed by atoms with Crippen LogP contribution in [0, 0.1) is 5.82 Å². The maximum Gasteiger partial charge on any atom is 0.414 e. The fraction of sp³-hybridized carbons (Fsp3) is 0.364. The molecule has 0 saturated carbocycles. The molecular weight excluding hydrogens is 439 g/mol. The van der Waals surface area contributed by atoms with Gasteiger partial charge in [0, 0.05) is 43.9 Å². The predicted molar refractivity (Wildman–Crippen MR) is 126 cm³/mol. The van der Waals surface area contributed by atoms with Crippen molar-refractivity contribution in [3.05, 3.63) is 53.3 Å². The van der Waals surface area contributed by atoms with Crippen LogP contribution in [0.1, 0.15) is 0 Å². The largest absolute Gasteiger partial charge is 0.442 e. The van der Waals surface area contributed by atoms with Crippen LogP contribution < -0.4 is 14.7 Å². The minimum absolute atomic E-state index is 0.306. The molecule has 2 aliphatic heterocycles. The van der Waals surface area contributed by atoms with E-state index in [2.05, 4.69) is 4.90 Å². The minimum atomic E-state index is -0.468. The van der Waals surface area contributed by atoms with Crippen LogP contribution in [0.3, 0.4) is 0 Å². The lowest BCUT2D eigenvalue weighted by molar-refractivity contribution is 0.131. The number of hydrogen-bond donors (Lipinski definition) is 0. The molecule has 2 saturated heterocycles. The van der Waals surface area contributed by atoms with Gasteiger partial charge in [0.05, 0.1) is 30.0 Å². The quantitative estimate of drug-likeness (QED) is 0.604. The van der Waals surface area contributed by atoms with Crippen molar-refractivity contribution >= 4 is 52.5 Å². The van der Waals surface area contributed by atoms with E-state index in [-0.39, 0.29) is 11.9 Å². The number of hydrogen-bond acceptors (Lipinski definition) is 5. The molecule has 4 rings (SSSR count). The highest BCUT2D eigenvalue weighted by molar-refractivity contribution is 7.78. The Morgan fingerprint density at radius 3 is 2.58 bits per heavy atom. The van der Waals surface area contributed by atoms with Crippen LogP contribution in [-0.4, -0.2) is 68.9 Å². The van der Waals surface area contributed by atoms with Gasteiger partial charge in [0.25, 0.3) is 0 Å². The van der Waals surface area contributed by atoms with Crippen molar-refractivity contribution in [2.45, 2.75) is 6.10 Å². The summed E-state index contributed by atoms with van der Waals surface area (Å²) in [5, 5.41) is 0.707. The predicted octanol–water partition coefficient (Wildman–Crippen LogP) is 4.02. The van der Waals surface area contributed by atoms with Crippen LogP contribution in [0.25, 0.3) is 0 Å². The number of halogens is 2. The van der Waals surface area contributed by atoms with E-state index < -0.39 is 6.09 Å². The number of benzene rings is 2. The van der Waals surface area contributed by atoms with Crippen molar-refractivity contribution in [1.82, 2.24) is 4.90 Å². The third kappa shape index (κ3) is 4.85. The Balaban J connectivity index is 1.40. The molecule has 2 aromatic rings. The third-order valence-electron chi connectivity index (χ3n) is 5.58. The van der Waals surface area contributed by atoms with Crippen molar-refractivity contribution in [3.8, 4) is 0 Å². The first-order valence-corrected chi connectivity index (χ1v) is 11.0. The normalized spacial score (nSPS) is 18.9. The number of amides is 1. The van der Waals surface area contributed by atoms with Crippen LogP contribution in [0.4, 0.5) is 26.2 Å². The van der Waals surface area contributed by atoms with Crippen LogP contribution in [-0.2, 0) is 4.74 Å². The molecule has 0 spiro atoms. The van der Waals surface area contributed by atoms with Crippen molar-refractivity contribution in [3.63, 3.8) is 0 Å². The van der Waals surface area contributed by atoms with Gasteiger partial charge in [-0.05, 0) is 36.4 Å². The van der Waals surface area contributed by atoms with Crippen molar-refractivity contribution in [1.29, 1.82) is 0 Å². The number of carbonyl (C=O) groups is 1. The first kappa shape index (κ1) is 21.6. The van der Waals surface area contributed by atoms with Crippen molar-refractivity contribution in [2.75, 3.05) is 61.0 Å². The standard InChI is InChI=1S/C22H24ClFN4O2S/c1-25(15-31)13-19-14-28(22(29)30-19)18-5-6-21(20(24)12-18)27-9-7-26(8-10-27)17-4-2-3-16(23)11-17/h2-6,11-12,15,19H,7-10,13-14H2,1H3/t19-/m0/s1. The molecule has 0 radical (unpaired) electrons. The average molecular weight is 463 g/mol. The summed E-state index contributed by atoms with van der Waals surface area (Å²) in [6, 6.07) is 12.7. The van der Waals surface area contributed by atoms with E-state index in [4.69, 9.17) is 28.6 Å². The topological polar surface area (TPSA) is 39.3 Å². The SMILES string of the molecule is CN(C=S)C[C@H]1CN(c2ccc(N3CCN(c4cccc(Cl)c4)CC3)c(F)c2)C(=O)O1. The summed E-state index contributed by atoms with van der Waals surface area (Å²) < 4.78 is 20.4. The second-order valence-electron chi connectivity index (χ2n) is 7.75. The van der Waals surface area contributed by atoms with Crippen molar-refractivity contribution < 1.29 is 13.9 Å². The zero-order valence-corrected chi connectivity index (χ0v) is 18.8. The minimum Gasteiger partial charge on any atom is -0.442 e. The van der Waals surface area contributed by atoms with Crippen LogP contribution >= 0.6 is 23.8 Å². The molecular formula is C22H24ClFN4O2S. The lowest BCUT2D eigenvalue weighted by atomic mass is 10.2. The number of ether oxygens (including phenoxy) is 1. The third-order valence-corrected chi connectivity index (χ3v) is 6.18. The van der Waals surface area contributed by atoms with Gasteiger partial charge in [0.1, 0.15) is 11.9 Å². The Bertz CT molecular complexity index is 970. The summed E-state index contributed by atoms with van der Waals surface area (Å²) in [5.74, 6) is -0.346. The lowest BCUT2D eigenvalue weighted by Gasteiger charge is -2.37. The van der Waals surface area contributed by atoms with E-state index in [1.807, 2.05) is 36.2 Å². The number of anilines is 3. The Morgan fingerprint density at radius 2 is 1.90 bits per heavy atom. The average Bonchev–Trinajstić information content (AvgIpc) is 3.13. The van der Waals surface area contributed by atoms with Crippen LogP contribution in [0.2, 0.25) is 5.02 Å². The van der Waals surface area contributed by atoms with E-state index in [0.717, 1.165) is 18.8 Å². The summed E-state index contributed by atoms with van der Waals surface area (Å²) in [5.41, 5.74) is 3.62. The molecule has 0 aromatic heterocycles. The molecule has 9 heteroatoms. The zero-order valence-electron chi connectivity index (χ0n) is 17.2. The molecule has 6 nitrogen and oxygen atoms in total. The second-order valence-corrected chi connectivity index (χ2v) is 8.40. The molecule has 2 aromatic carbocycles. The van der Waals surface area contributed by atoms with E-state index in [0.29, 0.717) is 42.6 Å². The molecule has 0 bridgehead atoms. The number of piperazine rings is 1. The molecule has 31 heavy (non-hydrogen) atoms. The fourth-order valence-electron chi connectivity index (χ4n) is 3.99. The van der Waals surface area contributed by atoms with Gasteiger partial charge in [-0.25, -0.2) is 9.18 Å². The molecule has 164 valence electrons. The Kier molecular flexibility index (Phi) is 6.48. The Morgan fingerprint density at radius 1 is 1.16 bits per heavy atom. The number of cyclic esters (lactones) is 1. The van der Waals surface area contributed by atoms with Gasteiger partial charge in [0.2, 0.25) is 0 Å². The summed E-state index contributed by atoms with van der Waals surface area (Å²) >= 11 is 11.0. The van der Waals surface area contributed by atoms with Gasteiger partial charge < -0.3 is 19.4 Å². The molecule has 2 fully saturated rings. The molecule has 0 unspecified atom stereocenters. The summed E-state index contributed by atoms with van der Waals surface area (Å²) in [4.78, 5) is 19.8. The van der Waals surface area contributed by atoms with Crippen molar-refractivity contribution in [2.24, 2.45) is 0 Å². The maximum absolute atomic E-state index is 15.0. The van der Waals surface area contributed by atoms with E-state index in [9.17, 15) is 9.18 Å². The Labute approximate surface area is 191 Å². The fourth-order valence-corrected chi connectivity index (χ4v) is 4.26. The van der Waals surface area contributed by atoms with Gasteiger partial charge in [-0.15, -0.1) is 0 Å². The highest BCUT2D eigenvalue weighted by Gasteiger charge is 2.33. The van der Waals surface area contributed by atoms with Gasteiger partial charge in [0.15, 0.2) is 0 Å². The lowest BCUT2D eigenvalue weighted by Crippen LogP contribution is -2.46. The molecule has 0 N–H and O–H groups in total. The molecule has 2 heterocycles. The van der Waals surface area contributed by atoms with E-state index >= 15 is 0 Å². The highest BCUT2D eigenvalue weighted by Crippen LogP contribution is 2.29. The number of thiocarbonyl (C=S) groups is 1. The van der Waals surface area contributed by atoms with E-state index in [1.54, 1.807) is 17.0 Å². The summed E-state index contributed by atoms with van der Waals surface area (Å²) in [6.45, 7) is 3.80. The molecule has 1 amide bonds. The first-order chi connectivity index (χ1) is 14.9.